The summed E-state index contributed by atoms with van der Waals surface area (Å²) in [6, 6.07) is 8.77. The van der Waals surface area contributed by atoms with Crippen LogP contribution in [0.15, 0.2) is 42.1 Å². The molecule has 0 unspecified atom stereocenters. The number of rotatable bonds is 8. The third-order valence-electron chi connectivity index (χ3n) is 4.06. The van der Waals surface area contributed by atoms with E-state index >= 15 is 0 Å². The Morgan fingerprint density at radius 3 is 2.33 bits per heavy atom. The van der Waals surface area contributed by atoms with E-state index in [2.05, 4.69) is 5.32 Å². The van der Waals surface area contributed by atoms with Gasteiger partial charge in [-0.15, -0.1) is 0 Å². The zero-order valence-electron chi connectivity index (χ0n) is 16.0. The van der Waals surface area contributed by atoms with Gasteiger partial charge >= 0.3 is 11.7 Å². The van der Waals surface area contributed by atoms with Crippen molar-refractivity contribution >= 4 is 17.4 Å². The van der Waals surface area contributed by atoms with Crippen molar-refractivity contribution in [2.45, 2.75) is 20.4 Å². The van der Waals surface area contributed by atoms with Crippen LogP contribution in [0.3, 0.4) is 0 Å². The van der Waals surface area contributed by atoms with Gasteiger partial charge in [-0.25, -0.2) is 13.6 Å². The van der Waals surface area contributed by atoms with Crippen molar-refractivity contribution in [1.82, 2.24) is 5.32 Å². The second-order valence-electron chi connectivity index (χ2n) is 6.02. The van der Waals surface area contributed by atoms with E-state index in [0.29, 0.717) is 0 Å². The minimum atomic E-state index is -2.00. The van der Waals surface area contributed by atoms with Gasteiger partial charge in [0.25, 0.3) is 0 Å². The normalized spacial score (nSPS) is 11.2. The molecule has 158 valence electrons. The Balaban J connectivity index is 2.54. The maximum absolute atomic E-state index is 14.6. The van der Waals surface area contributed by atoms with Crippen LogP contribution in [-0.2, 0) is 16.1 Å². The highest BCUT2D eigenvalue weighted by Gasteiger charge is 2.37. The summed E-state index contributed by atoms with van der Waals surface area (Å²) >= 11 is 0. The summed E-state index contributed by atoms with van der Waals surface area (Å²) in [6.45, 7) is 2.26. The molecule has 0 heterocycles. The number of ketones is 1. The van der Waals surface area contributed by atoms with E-state index < -0.39 is 56.5 Å². The van der Waals surface area contributed by atoms with Crippen LogP contribution >= 0.6 is 0 Å². The van der Waals surface area contributed by atoms with Crippen molar-refractivity contribution in [2.24, 2.45) is 0 Å². The minimum absolute atomic E-state index is 0.149. The van der Waals surface area contributed by atoms with E-state index in [-0.39, 0.29) is 13.2 Å². The van der Waals surface area contributed by atoms with Gasteiger partial charge in [0.15, 0.2) is 5.82 Å². The van der Waals surface area contributed by atoms with Crippen molar-refractivity contribution in [3.63, 3.8) is 0 Å². The van der Waals surface area contributed by atoms with Gasteiger partial charge in [-0.1, -0.05) is 30.3 Å². The zero-order chi connectivity index (χ0) is 22.4. The molecule has 0 fully saturated rings. The second-order valence-corrected chi connectivity index (χ2v) is 6.02. The fourth-order valence-electron chi connectivity index (χ4n) is 2.57. The highest BCUT2D eigenvalue weighted by Crippen LogP contribution is 2.32. The number of hydrogen-bond donors (Lipinski definition) is 1. The molecular weight excluding hydrogens is 405 g/mol. The molecule has 0 radical (unpaired) electrons. The topological polar surface area (TPSA) is 98.5 Å². The number of nitro groups is 1. The number of benzene rings is 2. The van der Waals surface area contributed by atoms with Gasteiger partial charge < -0.3 is 10.1 Å². The lowest BCUT2D eigenvalue weighted by atomic mass is 9.98. The van der Waals surface area contributed by atoms with Crippen molar-refractivity contribution in [3.05, 3.63) is 86.4 Å². The van der Waals surface area contributed by atoms with E-state index in [1.807, 2.05) is 0 Å². The van der Waals surface area contributed by atoms with E-state index in [1.165, 1.54) is 6.92 Å². The molecule has 0 saturated carbocycles. The largest absolute Gasteiger partial charge is 0.462 e. The molecule has 1 N–H and O–H groups in total. The number of esters is 1. The van der Waals surface area contributed by atoms with Crippen LogP contribution in [0.25, 0.3) is 0 Å². The molecule has 0 aliphatic heterocycles. The highest BCUT2D eigenvalue weighted by molar-refractivity contribution is 6.25. The molecule has 0 amide bonds. The molecule has 30 heavy (non-hydrogen) atoms. The molecule has 0 atom stereocenters. The summed E-state index contributed by atoms with van der Waals surface area (Å²) in [4.78, 5) is 34.8. The van der Waals surface area contributed by atoms with Crippen LogP contribution < -0.4 is 5.32 Å². The van der Waals surface area contributed by atoms with Crippen LogP contribution in [0, 0.1) is 34.5 Å². The van der Waals surface area contributed by atoms with E-state index in [4.69, 9.17) is 4.74 Å². The monoisotopic (exact) mass is 422 g/mol. The smallest absolute Gasteiger partial charge is 0.343 e. The highest BCUT2D eigenvalue weighted by atomic mass is 19.2. The second kappa shape index (κ2) is 9.68. The first-order valence-corrected chi connectivity index (χ1v) is 8.71. The Morgan fingerprint density at radius 2 is 1.77 bits per heavy atom. The quantitative estimate of drug-likeness (QED) is 0.102. The van der Waals surface area contributed by atoms with Crippen molar-refractivity contribution in [2.75, 3.05) is 6.61 Å². The van der Waals surface area contributed by atoms with E-state index in [9.17, 15) is 32.9 Å². The van der Waals surface area contributed by atoms with Crippen LogP contribution in [0.5, 0.6) is 0 Å². The standard InChI is InChI=1S/C20H17F3N2O5/c1-3-30-20(27)13(10-24-9-12-7-5-4-6-8-12)19(26)14-15(21)11(2)16(22)17(23)18(14)25(28)29/h4-8,10,24H,3,9H2,1-2H3/b13-10+. The van der Waals surface area contributed by atoms with Gasteiger partial charge in [-0.3, -0.25) is 14.9 Å². The Bertz CT molecular complexity index is 1020. The third kappa shape index (κ3) is 4.65. The van der Waals surface area contributed by atoms with Gasteiger partial charge in [-0.2, -0.15) is 4.39 Å². The molecule has 2 aromatic carbocycles. The molecule has 0 saturated heterocycles. The molecule has 0 bridgehead atoms. The molecule has 7 nitrogen and oxygen atoms in total. The molecule has 0 aliphatic carbocycles. The third-order valence-corrected chi connectivity index (χ3v) is 4.06. The molecule has 0 aliphatic rings. The number of carbonyl (C=O) groups is 2. The SMILES string of the molecule is CCOC(=O)/C(=C/NCc1ccccc1)C(=O)c1c(F)c(C)c(F)c(F)c1[N+](=O)[O-]. The van der Waals surface area contributed by atoms with Gasteiger partial charge in [0.2, 0.25) is 11.6 Å². The average Bonchev–Trinajstić information content (AvgIpc) is 2.72. The predicted molar refractivity (Wildman–Crippen MR) is 100 cm³/mol. The predicted octanol–water partition coefficient (Wildman–Crippen LogP) is 3.74. The van der Waals surface area contributed by atoms with Gasteiger partial charge in [-0.05, 0) is 19.4 Å². The van der Waals surface area contributed by atoms with Crippen molar-refractivity contribution in [1.29, 1.82) is 0 Å². The molecule has 0 spiro atoms. The Labute approximate surface area is 169 Å². The lowest BCUT2D eigenvalue weighted by molar-refractivity contribution is -0.388. The number of hydrogen-bond acceptors (Lipinski definition) is 6. The van der Waals surface area contributed by atoms with Crippen LogP contribution in [0.1, 0.15) is 28.4 Å². The van der Waals surface area contributed by atoms with E-state index in [1.54, 1.807) is 30.3 Å². The fraction of sp³-hybridized carbons (Fsp3) is 0.200. The van der Waals surface area contributed by atoms with Gasteiger partial charge in [0.1, 0.15) is 17.0 Å². The van der Waals surface area contributed by atoms with Crippen molar-refractivity contribution < 1.29 is 32.4 Å². The number of Topliss-reactive ketones (excluding diaryl/α,β-unsaturated/α-hetero) is 1. The van der Waals surface area contributed by atoms with Gasteiger partial charge in [0.05, 0.1) is 11.5 Å². The Kier molecular flexibility index (Phi) is 7.29. The van der Waals surface area contributed by atoms with Crippen molar-refractivity contribution in [3.8, 4) is 0 Å². The Morgan fingerprint density at radius 1 is 1.13 bits per heavy atom. The maximum Gasteiger partial charge on any atom is 0.343 e. The first-order valence-electron chi connectivity index (χ1n) is 8.71. The minimum Gasteiger partial charge on any atom is -0.462 e. The molecule has 2 aromatic rings. The molecule has 0 aromatic heterocycles. The van der Waals surface area contributed by atoms with Crippen LogP contribution in [0.4, 0.5) is 18.9 Å². The zero-order valence-corrected chi connectivity index (χ0v) is 16.0. The molecule has 2 rings (SSSR count). The van der Waals surface area contributed by atoms with Crippen LogP contribution in [-0.4, -0.2) is 23.3 Å². The number of carbonyl (C=O) groups excluding carboxylic acids is 2. The average molecular weight is 422 g/mol. The Hall–Kier alpha value is -3.69. The number of nitro benzene ring substituents is 1. The summed E-state index contributed by atoms with van der Waals surface area (Å²) in [7, 11) is 0. The van der Waals surface area contributed by atoms with Crippen LogP contribution in [0.2, 0.25) is 0 Å². The van der Waals surface area contributed by atoms with E-state index in [0.717, 1.165) is 18.7 Å². The molecule has 10 heteroatoms. The number of nitrogens with zero attached hydrogens (tertiary/aromatic N) is 1. The summed E-state index contributed by atoms with van der Waals surface area (Å²) in [5.41, 5.74) is -4.02. The number of ether oxygens (including phenoxy) is 1. The summed E-state index contributed by atoms with van der Waals surface area (Å²) in [5.74, 6) is -8.15. The number of nitrogens with one attached hydrogen (secondary N) is 1. The lowest BCUT2D eigenvalue weighted by Gasteiger charge is -2.11. The lowest BCUT2D eigenvalue weighted by Crippen LogP contribution is -2.22. The summed E-state index contributed by atoms with van der Waals surface area (Å²) in [5, 5.41) is 13.9. The van der Waals surface area contributed by atoms with Gasteiger partial charge in [0, 0.05) is 18.3 Å². The summed E-state index contributed by atoms with van der Waals surface area (Å²) in [6.07, 6.45) is 0.896. The summed E-state index contributed by atoms with van der Waals surface area (Å²) < 4.78 is 47.2. The first kappa shape index (κ1) is 22.6. The molecular formula is C20H17F3N2O5. The fourth-order valence-corrected chi connectivity index (χ4v) is 2.57. The number of halogens is 3. The first-order chi connectivity index (χ1) is 14.2. The maximum atomic E-state index is 14.6.